The molecule has 1 aliphatic heterocycles. The number of ketones is 1. The van der Waals surface area contributed by atoms with Gasteiger partial charge in [0.25, 0.3) is 0 Å². The predicted molar refractivity (Wildman–Crippen MR) is 70.8 cm³/mol. The van der Waals surface area contributed by atoms with Gasteiger partial charge >= 0.3 is 0 Å². The lowest BCUT2D eigenvalue weighted by atomic mass is 9.57. The Morgan fingerprint density at radius 3 is 2.70 bits per heavy atom. The van der Waals surface area contributed by atoms with Crippen LogP contribution in [-0.4, -0.2) is 39.1 Å². The highest BCUT2D eigenvalue weighted by Gasteiger charge is 2.65. The molecule has 0 aromatic rings. The van der Waals surface area contributed by atoms with E-state index < -0.39 is 22.6 Å². The molecule has 1 heterocycles. The van der Waals surface area contributed by atoms with Crippen molar-refractivity contribution in [1.82, 2.24) is 0 Å². The Labute approximate surface area is 116 Å². The van der Waals surface area contributed by atoms with Crippen molar-refractivity contribution in [1.29, 1.82) is 0 Å². The van der Waals surface area contributed by atoms with Crippen LogP contribution in [0, 0.1) is 5.41 Å². The summed E-state index contributed by atoms with van der Waals surface area (Å²) in [5.41, 5.74) is -0.657. The van der Waals surface area contributed by atoms with Gasteiger partial charge in [0.15, 0.2) is 5.76 Å². The van der Waals surface area contributed by atoms with Gasteiger partial charge in [0.1, 0.15) is 5.60 Å². The number of fused-ring (bicyclic) bond motifs is 2. The summed E-state index contributed by atoms with van der Waals surface area (Å²) in [5, 5.41) is 31.3. The van der Waals surface area contributed by atoms with Gasteiger partial charge in [-0.15, -0.1) is 0 Å². The van der Waals surface area contributed by atoms with E-state index in [1.807, 2.05) is 6.92 Å². The van der Waals surface area contributed by atoms with Crippen molar-refractivity contribution in [2.24, 2.45) is 5.41 Å². The van der Waals surface area contributed by atoms with Crippen LogP contribution in [0.4, 0.5) is 0 Å². The van der Waals surface area contributed by atoms with Crippen LogP contribution < -0.4 is 0 Å². The van der Waals surface area contributed by atoms with Gasteiger partial charge < -0.3 is 20.1 Å². The summed E-state index contributed by atoms with van der Waals surface area (Å²) in [6.45, 7) is 7.39. The zero-order chi connectivity index (χ0) is 14.9. The molecule has 0 aromatic heterocycles. The number of aliphatic hydroxyl groups is 3. The SMILES string of the molecule is C=C1CO[C@@]2(O)CC3=CC(=O)C(O)=C(C)[C@@]3(C)C[C@@]12O. The number of ether oxygens (including phenoxy) is 1. The Morgan fingerprint density at radius 2 is 2.05 bits per heavy atom. The Balaban J connectivity index is 2.16. The van der Waals surface area contributed by atoms with Crippen molar-refractivity contribution in [3.8, 4) is 0 Å². The van der Waals surface area contributed by atoms with E-state index in [1.165, 1.54) is 6.08 Å². The van der Waals surface area contributed by atoms with E-state index in [1.54, 1.807) is 6.92 Å². The number of allylic oxidation sites excluding steroid dienone is 2. The second kappa shape index (κ2) is 3.61. The van der Waals surface area contributed by atoms with Crippen LogP contribution in [0.25, 0.3) is 0 Å². The average molecular weight is 278 g/mol. The fourth-order valence-electron chi connectivity index (χ4n) is 3.52. The number of hydrogen-bond acceptors (Lipinski definition) is 5. The third-order valence-corrected chi connectivity index (χ3v) is 5.19. The van der Waals surface area contributed by atoms with Crippen LogP contribution in [-0.2, 0) is 9.53 Å². The van der Waals surface area contributed by atoms with E-state index in [-0.39, 0.29) is 25.2 Å². The monoisotopic (exact) mass is 278 g/mol. The third-order valence-electron chi connectivity index (χ3n) is 5.19. The minimum absolute atomic E-state index is 0.0232. The Kier molecular flexibility index (Phi) is 2.44. The molecule has 2 fully saturated rings. The van der Waals surface area contributed by atoms with Crippen LogP contribution >= 0.6 is 0 Å². The molecular weight excluding hydrogens is 260 g/mol. The van der Waals surface area contributed by atoms with Crippen LogP contribution in [0.1, 0.15) is 26.7 Å². The molecule has 20 heavy (non-hydrogen) atoms. The van der Waals surface area contributed by atoms with E-state index in [0.29, 0.717) is 16.7 Å². The molecule has 0 aromatic carbocycles. The molecule has 0 spiro atoms. The highest BCUT2D eigenvalue weighted by molar-refractivity contribution is 6.04. The van der Waals surface area contributed by atoms with Crippen molar-refractivity contribution < 1.29 is 24.9 Å². The predicted octanol–water partition coefficient (Wildman–Crippen LogP) is 1.13. The quantitative estimate of drug-likeness (QED) is 0.578. The van der Waals surface area contributed by atoms with E-state index >= 15 is 0 Å². The molecule has 0 unspecified atom stereocenters. The smallest absolute Gasteiger partial charge is 0.220 e. The van der Waals surface area contributed by atoms with Gasteiger partial charge in [-0.25, -0.2) is 0 Å². The maximum Gasteiger partial charge on any atom is 0.220 e. The van der Waals surface area contributed by atoms with Crippen molar-refractivity contribution >= 4 is 5.78 Å². The molecule has 3 atom stereocenters. The summed E-state index contributed by atoms with van der Waals surface area (Å²) < 4.78 is 5.33. The Hall–Kier alpha value is -1.43. The topological polar surface area (TPSA) is 87.0 Å². The van der Waals surface area contributed by atoms with Gasteiger partial charge in [-0.2, -0.15) is 0 Å². The summed E-state index contributed by atoms with van der Waals surface area (Å²) in [5.74, 6) is -2.50. The molecule has 1 saturated heterocycles. The number of aliphatic hydroxyl groups excluding tert-OH is 1. The first kappa shape index (κ1) is 13.5. The zero-order valence-corrected chi connectivity index (χ0v) is 11.6. The first-order chi connectivity index (χ1) is 9.14. The fourth-order valence-corrected chi connectivity index (χ4v) is 3.52. The molecule has 0 radical (unpaired) electrons. The molecule has 5 nitrogen and oxygen atoms in total. The largest absolute Gasteiger partial charge is 0.504 e. The van der Waals surface area contributed by atoms with Gasteiger partial charge in [-0.1, -0.05) is 19.1 Å². The summed E-state index contributed by atoms with van der Waals surface area (Å²) in [4.78, 5) is 11.8. The van der Waals surface area contributed by atoms with Crippen molar-refractivity contribution in [3.05, 3.63) is 35.1 Å². The second-order valence-electron chi connectivity index (χ2n) is 6.23. The van der Waals surface area contributed by atoms with Gasteiger partial charge in [-0.05, 0) is 30.6 Å². The van der Waals surface area contributed by atoms with Crippen LogP contribution in [0.5, 0.6) is 0 Å². The first-order valence-electron chi connectivity index (χ1n) is 6.57. The van der Waals surface area contributed by atoms with Gasteiger partial charge in [-0.3, -0.25) is 4.79 Å². The van der Waals surface area contributed by atoms with Crippen LogP contribution in [0.2, 0.25) is 0 Å². The zero-order valence-electron chi connectivity index (χ0n) is 11.6. The van der Waals surface area contributed by atoms with Crippen LogP contribution in [0.15, 0.2) is 35.1 Å². The van der Waals surface area contributed by atoms with Crippen molar-refractivity contribution in [3.63, 3.8) is 0 Å². The summed E-state index contributed by atoms with van der Waals surface area (Å²) in [6, 6.07) is 0. The normalized spacial score (nSPS) is 44.3. The highest BCUT2D eigenvalue weighted by Crippen LogP contribution is 2.59. The molecule has 3 rings (SSSR count). The maximum absolute atomic E-state index is 11.8. The molecule has 1 saturated carbocycles. The van der Waals surface area contributed by atoms with Gasteiger partial charge in [0, 0.05) is 11.8 Å². The van der Waals surface area contributed by atoms with E-state index in [9.17, 15) is 20.1 Å². The van der Waals surface area contributed by atoms with E-state index in [2.05, 4.69) is 6.58 Å². The van der Waals surface area contributed by atoms with Crippen LogP contribution in [0.3, 0.4) is 0 Å². The second-order valence-corrected chi connectivity index (χ2v) is 6.23. The lowest BCUT2D eigenvalue weighted by molar-refractivity contribution is -0.265. The molecule has 3 N–H and O–H groups in total. The number of rotatable bonds is 0. The number of carbonyl (C=O) groups excluding carboxylic acids is 1. The lowest BCUT2D eigenvalue weighted by Gasteiger charge is -2.51. The van der Waals surface area contributed by atoms with Crippen molar-refractivity contribution in [2.45, 2.75) is 38.1 Å². The summed E-state index contributed by atoms with van der Waals surface area (Å²) in [6.07, 6.45) is 1.49. The molecule has 2 aliphatic carbocycles. The van der Waals surface area contributed by atoms with E-state index in [0.717, 1.165) is 0 Å². The Morgan fingerprint density at radius 1 is 1.40 bits per heavy atom. The van der Waals surface area contributed by atoms with Gasteiger partial charge in [0.2, 0.25) is 11.6 Å². The first-order valence-corrected chi connectivity index (χ1v) is 6.57. The summed E-state index contributed by atoms with van der Waals surface area (Å²) in [7, 11) is 0. The lowest BCUT2D eigenvalue weighted by Crippen LogP contribution is -2.59. The summed E-state index contributed by atoms with van der Waals surface area (Å²) >= 11 is 0. The highest BCUT2D eigenvalue weighted by atomic mass is 16.6. The average Bonchev–Trinajstić information content (AvgIpc) is 2.59. The molecule has 0 bridgehead atoms. The molecule has 5 heteroatoms. The van der Waals surface area contributed by atoms with E-state index in [4.69, 9.17) is 4.74 Å². The maximum atomic E-state index is 11.8. The molecular formula is C15H18O5. The molecule has 0 amide bonds. The Bertz CT molecular complexity index is 601. The molecule has 3 aliphatic rings. The standard InChI is InChI=1S/C15H18O5/c1-8-6-20-15(19)5-10-4-11(16)12(17)9(2)13(10,3)7-14(8,15)18/h4,17-19H,1,5-7H2,2-3H3/t13-,14-,15+/m1/s1. The third kappa shape index (κ3) is 1.35. The van der Waals surface area contributed by atoms with Crippen molar-refractivity contribution in [2.75, 3.05) is 6.61 Å². The fraction of sp³-hybridized carbons (Fsp3) is 0.533. The minimum Gasteiger partial charge on any atom is -0.504 e. The number of hydrogen-bond donors (Lipinski definition) is 3. The molecule has 108 valence electrons. The van der Waals surface area contributed by atoms with Gasteiger partial charge in [0.05, 0.1) is 6.61 Å². The number of carbonyl (C=O) groups is 1. The minimum atomic E-state index is -1.75.